The minimum absolute atomic E-state index is 0.0203. The first-order chi connectivity index (χ1) is 16.3. The van der Waals surface area contributed by atoms with Gasteiger partial charge in [-0.05, 0) is 25.0 Å². The highest BCUT2D eigenvalue weighted by atomic mass is 16.6. The number of piperidine rings is 1. The molecule has 2 heterocycles. The Morgan fingerprint density at radius 1 is 1.03 bits per heavy atom. The van der Waals surface area contributed by atoms with Gasteiger partial charge in [0.05, 0.1) is 30.9 Å². The van der Waals surface area contributed by atoms with Gasteiger partial charge in [0.1, 0.15) is 12.1 Å². The van der Waals surface area contributed by atoms with Crippen molar-refractivity contribution in [2.45, 2.75) is 18.9 Å². The van der Waals surface area contributed by atoms with Crippen molar-refractivity contribution in [3.05, 3.63) is 58.1 Å². The van der Waals surface area contributed by atoms with E-state index in [9.17, 15) is 24.5 Å². The second-order valence-electron chi connectivity index (χ2n) is 7.98. The Morgan fingerprint density at radius 3 is 2.24 bits per heavy atom. The number of rotatable bonds is 6. The standard InChI is InChI=1S/C23H24N4O7/c1-33-19-12-17(18(27(31)32)13-20(19)34-2)22(29)24-10-8-15(9-11-24)25-14-21(28)26(23(25)30)16-6-4-3-5-7-16/h3-7,12-13,15H,8-11,14H2,1-2H3. The number of nitrogens with zero attached hydrogens (tertiary/aromatic N) is 4. The quantitative estimate of drug-likeness (QED) is 0.363. The monoisotopic (exact) mass is 468 g/mol. The maximum absolute atomic E-state index is 13.2. The van der Waals surface area contributed by atoms with Gasteiger partial charge >= 0.3 is 6.03 Å². The van der Waals surface area contributed by atoms with Gasteiger partial charge in [0.2, 0.25) is 0 Å². The van der Waals surface area contributed by atoms with Crippen LogP contribution in [-0.2, 0) is 4.79 Å². The van der Waals surface area contributed by atoms with Crippen LogP contribution in [0.25, 0.3) is 0 Å². The molecule has 0 atom stereocenters. The molecule has 0 N–H and O–H groups in total. The van der Waals surface area contributed by atoms with E-state index in [0.717, 1.165) is 0 Å². The van der Waals surface area contributed by atoms with E-state index in [1.54, 1.807) is 24.3 Å². The van der Waals surface area contributed by atoms with Crippen molar-refractivity contribution in [3.63, 3.8) is 0 Å². The Labute approximate surface area is 195 Å². The average Bonchev–Trinajstić information content (AvgIpc) is 3.16. The highest BCUT2D eigenvalue weighted by Gasteiger charge is 2.42. The van der Waals surface area contributed by atoms with Crippen molar-refractivity contribution < 1.29 is 28.8 Å². The Hall–Kier alpha value is -4.15. The first-order valence-electron chi connectivity index (χ1n) is 10.7. The van der Waals surface area contributed by atoms with Gasteiger partial charge in [-0.25, -0.2) is 9.69 Å². The third kappa shape index (κ3) is 4.12. The number of nitro groups is 1. The molecule has 2 aromatic carbocycles. The molecule has 0 aliphatic carbocycles. The number of methoxy groups -OCH3 is 2. The summed E-state index contributed by atoms with van der Waals surface area (Å²) in [6, 6.07) is 10.6. The summed E-state index contributed by atoms with van der Waals surface area (Å²) in [7, 11) is 2.74. The van der Waals surface area contributed by atoms with E-state index in [2.05, 4.69) is 0 Å². The van der Waals surface area contributed by atoms with Crippen LogP contribution in [0.15, 0.2) is 42.5 Å². The van der Waals surface area contributed by atoms with Crippen molar-refractivity contribution in [1.82, 2.24) is 9.80 Å². The number of carbonyl (C=O) groups is 3. The third-order valence-corrected chi connectivity index (χ3v) is 6.13. The molecule has 0 bridgehead atoms. The van der Waals surface area contributed by atoms with E-state index < -0.39 is 10.8 Å². The fourth-order valence-electron chi connectivity index (χ4n) is 4.38. The average molecular weight is 468 g/mol. The summed E-state index contributed by atoms with van der Waals surface area (Å²) < 4.78 is 10.3. The number of para-hydroxylation sites is 1. The Balaban J connectivity index is 1.47. The summed E-state index contributed by atoms with van der Waals surface area (Å²) in [5.74, 6) is -0.422. The van der Waals surface area contributed by atoms with Crippen LogP contribution >= 0.6 is 0 Å². The molecule has 0 radical (unpaired) electrons. The van der Waals surface area contributed by atoms with E-state index in [4.69, 9.17) is 9.47 Å². The van der Waals surface area contributed by atoms with E-state index in [0.29, 0.717) is 18.5 Å². The summed E-state index contributed by atoms with van der Waals surface area (Å²) in [4.78, 5) is 53.8. The lowest BCUT2D eigenvalue weighted by molar-refractivity contribution is -0.385. The van der Waals surface area contributed by atoms with Crippen LogP contribution in [0.1, 0.15) is 23.2 Å². The Bertz CT molecular complexity index is 1130. The van der Waals surface area contributed by atoms with Crippen molar-refractivity contribution in [2.24, 2.45) is 0 Å². The van der Waals surface area contributed by atoms with Gasteiger partial charge in [-0.15, -0.1) is 0 Å². The minimum atomic E-state index is -0.630. The molecule has 0 spiro atoms. The van der Waals surface area contributed by atoms with Gasteiger partial charge in [0, 0.05) is 25.2 Å². The number of hydrogen-bond donors (Lipinski definition) is 0. The Kier molecular flexibility index (Phi) is 6.35. The van der Waals surface area contributed by atoms with Crippen LogP contribution < -0.4 is 14.4 Å². The lowest BCUT2D eigenvalue weighted by atomic mass is 10.0. The smallest absolute Gasteiger partial charge is 0.332 e. The third-order valence-electron chi connectivity index (χ3n) is 6.13. The molecule has 0 unspecified atom stereocenters. The molecule has 2 fully saturated rings. The van der Waals surface area contributed by atoms with E-state index in [1.165, 1.54) is 41.1 Å². The number of likely N-dealkylation sites (tertiary alicyclic amines) is 1. The molecule has 2 saturated heterocycles. The molecule has 2 aliphatic rings. The number of carbonyl (C=O) groups excluding carboxylic acids is 3. The van der Waals surface area contributed by atoms with Crippen molar-refractivity contribution >= 4 is 29.2 Å². The molecule has 0 aromatic heterocycles. The molecule has 2 aliphatic heterocycles. The Morgan fingerprint density at radius 2 is 1.65 bits per heavy atom. The van der Waals surface area contributed by atoms with Crippen LogP contribution in [0.3, 0.4) is 0 Å². The number of benzene rings is 2. The van der Waals surface area contributed by atoms with E-state index in [1.807, 2.05) is 6.07 Å². The summed E-state index contributed by atoms with van der Waals surface area (Å²) in [5.41, 5.74) is 0.0562. The van der Waals surface area contributed by atoms with Crippen molar-refractivity contribution in [2.75, 3.05) is 38.8 Å². The van der Waals surface area contributed by atoms with Gasteiger partial charge in [-0.2, -0.15) is 0 Å². The summed E-state index contributed by atoms with van der Waals surface area (Å²) in [6.07, 6.45) is 0.906. The number of ether oxygens (including phenoxy) is 2. The van der Waals surface area contributed by atoms with Crippen LogP contribution in [-0.4, -0.2) is 72.5 Å². The predicted octanol–water partition coefficient (Wildman–Crippen LogP) is 2.69. The normalized spacial score (nSPS) is 16.7. The van der Waals surface area contributed by atoms with Crippen LogP contribution in [0, 0.1) is 10.1 Å². The molecule has 11 heteroatoms. The number of hydrogen-bond acceptors (Lipinski definition) is 7. The summed E-state index contributed by atoms with van der Waals surface area (Å²) in [6.45, 7) is 0.560. The minimum Gasteiger partial charge on any atom is -0.493 e. The van der Waals surface area contributed by atoms with Crippen LogP contribution in [0.2, 0.25) is 0 Å². The largest absolute Gasteiger partial charge is 0.493 e. The maximum Gasteiger partial charge on any atom is 0.332 e. The van der Waals surface area contributed by atoms with Gasteiger partial charge in [-0.3, -0.25) is 19.7 Å². The highest BCUT2D eigenvalue weighted by Crippen LogP contribution is 2.35. The van der Waals surface area contributed by atoms with E-state index >= 15 is 0 Å². The first-order valence-corrected chi connectivity index (χ1v) is 10.7. The number of imide groups is 1. The summed E-state index contributed by atoms with van der Waals surface area (Å²) in [5, 5.41) is 11.6. The van der Waals surface area contributed by atoms with E-state index in [-0.39, 0.29) is 60.4 Å². The molecule has 4 rings (SSSR count). The van der Waals surface area contributed by atoms with Crippen LogP contribution in [0.5, 0.6) is 11.5 Å². The van der Waals surface area contributed by atoms with Crippen molar-refractivity contribution in [3.8, 4) is 11.5 Å². The number of nitro benzene ring substituents is 1. The van der Waals surface area contributed by atoms with Crippen molar-refractivity contribution in [1.29, 1.82) is 0 Å². The topological polar surface area (TPSA) is 123 Å². The predicted molar refractivity (Wildman–Crippen MR) is 121 cm³/mol. The SMILES string of the molecule is COc1cc(C(=O)N2CCC(N3CC(=O)N(c4ccccc4)C3=O)CC2)c([N+](=O)[O-])cc1OC. The van der Waals surface area contributed by atoms with Gasteiger partial charge in [0.15, 0.2) is 11.5 Å². The number of amides is 4. The fraction of sp³-hybridized carbons (Fsp3) is 0.348. The summed E-state index contributed by atoms with van der Waals surface area (Å²) >= 11 is 0. The fourth-order valence-corrected chi connectivity index (χ4v) is 4.38. The molecule has 2 aromatic rings. The second-order valence-corrected chi connectivity index (χ2v) is 7.98. The zero-order chi connectivity index (χ0) is 24.4. The zero-order valence-electron chi connectivity index (χ0n) is 18.8. The molecule has 34 heavy (non-hydrogen) atoms. The van der Waals surface area contributed by atoms with Gasteiger partial charge < -0.3 is 19.3 Å². The molecule has 4 amide bonds. The van der Waals surface area contributed by atoms with Gasteiger partial charge in [-0.1, -0.05) is 18.2 Å². The second kappa shape index (κ2) is 9.38. The van der Waals surface area contributed by atoms with Gasteiger partial charge in [0.25, 0.3) is 17.5 Å². The lowest BCUT2D eigenvalue weighted by Gasteiger charge is -2.36. The molecular formula is C23H24N4O7. The molecule has 11 nitrogen and oxygen atoms in total. The lowest BCUT2D eigenvalue weighted by Crippen LogP contribution is -2.48. The van der Waals surface area contributed by atoms with Crippen LogP contribution in [0.4, 0.5) is 16.2 Å². The first kappa shape index (κ1) is 23.0. The maximum atomic E-state index is 13.2. The number of anilines is 1. The highest BCUT2D eigenvalue weighted by molar-refractivity contribution is 6.19. The molecule has 0 saturated carbocycles. The molecule has 178 valence electrons. The zero-order valence-corrected chi connectivity index (χ0v) is 18.8. The molecular weight excluding hydrogens is 444 g/mol. The number of urea groups is 1.